The molecule has 1 aromatic carbocycles. The lowest BCUT2D eigenvalue weighted by Gasteiger charge is -2.38. The number of carbonyl (C=O) groups excluding carboxylic acids is 1. The first-order valence-corrected chi connectivity index (χ1v) is 9.83. The summed E-state index contributed by atoms with van der Waals surface area (Å²) in [5, 5.41) is 7.32. The standard InChI is InChI=1S/C20H27N5O2/c26-20(16-5-9-24(10-6-16)18-7-11-27-12-8-18)22-13-17-3-1-2-4-19(17)25-15-21-14-23-25/h1-4,14-16,18H,5-13H2,(H,22,26). The van der Waals surface area contributed by atoms with Gasteiger partial charge in [0, 0.05) is 31.7 Å². The number of carbonyl (C=O) groups is 1. The molecule has 0 bridgehead atoms. The molecule has 0 atom stereocenters. The molecule has 7 heteroatoms. The third kappa shape index (κ3) is 4.36. The lowest BCUT2D eigenvalue weighted by atomic mass is 9.93. The van der Waals surface area contributed by atoms with Crippen molar-refractivity contribution >= 4 is 5.91 Å². The zero-order chi connectivity index (χ0) is 18.5. The van der Waals surface area contributed by atoms with Crippen LogP contribution in [0.3, 0.4) is 0 Å². The monoisotopic (exact) mass is 369 g/mol. The second-order valence-electron chi connectivity index (χ2n) is 7.34. The van der Waals surface area contributed by atoms with Crippen LogP contribution < -0.4 is 5.32 Å². The summed E-state index contributed by atoms with van der Waals surface area (Å²) in [6.45, 7) is 4.28. The van der Waals surface area contributed by atoms with Crippen molar-refractivity contribution in [1.82, 2.24) is 25.0 Å². The van der Waals surface area contributed by atoms with Crippen LogP contribution in [0.15, 0.2) is 36.9 Å². The normalized spacial score (nSPS) is 19.9. The summed E-state index contributed by atoms with van der Waals surface area (Å²) in [7, 11) is 0. The summed E-state index contributed by atoms with van der Waals surface area (Å²) in [6.07, 6.45) is 7.31. The summed E-state index contributed by atoms with van der Waals surface area (Å²) in [4.78, 5) is 19.2. The molecule has 1 aromatic heterocycles. The van der Waals surface area contributed by atoms with Crippen molar-refractivity contribution in [1.29, 1.82) is 0 Å². The number of piperidine rings is 1. The second-order valence-corrected chi connectivity index (χ2v) is 7.34. The van der Waals surface area contributed by atoms with Crippen molar-refractivity contribution < 1.29 is 9.53 Å². The fourth-order valence-corrected chi connectivity index (χ4v) is 4.12. The van der Waals surface area contributed by atoms with Gasteiger partial charge >= 0.3 is 0 Å². The number of para-hydroxylation sites is 1. The van der Waals surface area contributed by atoms with Crippen LogP contribution in [0.25, 0.3) is 5.69 Å². The smallest absolute Gasteiger partial charge is 0.223 e. The number of rotatable bonds is 5. The fourth-order valence-electron chi connectivity index (χ4n) is 4.12. The Bertz CT molecular complexity index is 735. The number of likely N-dealkylation sites (tertiary alicyclic amines) is 1. The molecule has 0 spiro atoms. The van der Waals surface area contributed by atoms with E-state index in [0.29, 0.717) is 12.6 Å². The number of aromatic nitrogens is 3. The van der Waals surface area contributed by atoms with Gasteiger partial charge in [-0.15, -0.1) is 0 Å². The Labute approximate surface area is 159 Å². The number of ether oxygens (including phenoxy) is 1. The Morgan fingerprint density at radius 1 is 1.15 bits per heavy atom. The van der Waals surface area contributed by atoms with Crippen LogP contribution >= 0.6 is 0 Å². The van der Waals surface area contributed by atoms with Gasteiger partial charge in [-0.3, -0.25) is 4.79 Å². The van der Waals surface area contributed by atoms with Crippen molar-refractivity contribution in [2.75, 3.05) is 26.3 Å². The van der Waals surface area contributed by atoms with Crippen LogP contribution in [-0.2, 0) is 16.1 Å². The van der Waals surface area contributed by atoms with Crippen LogP contribution in [0, 0.1) is 5.92 Å². The van der Waals surface area contributed by atoms with E-state index in [2.05, 4.69) is 20.3 Å². The van der Waals surface area contributed by atoms with Gasteiger partial charge in [-0.2, -0.15) is 5.10 Å². The molecule has 3 heterocycles. The second kappa shape index (κ2) is 8.63. The van der Waals surface area contributed by atoms with Gasteiger partial charge in [-0.25, -0.2) is 9.67 Å². The molecule has 1 amide bonds. The maximum atomic E-state index is 12.7. The summed E-state index contributed by atoms with van der Waals surface area (Å²) in [5.41, 5.74) is 1.99. The first kappa shape index (κ1) is 18.1. The lowest BCUT2D eigenvalue weighted by molar-refractivity contribution is -0.127. The van der Waals surface area contributed by atoms with E-state index < -0.39 is 0 Å². The third-order valence-electron chi connectivity index (χ3n) is 5.72. The topological polar surface area (TPSA) is 72.3 Å². The first-order valence-electron chi connectivity index (χ1n) is 9.83. The van der Waals surface area contributed by atoms with Crippen molar-refractivity contribution in [3.05, 3.63) is 42.5 Å². The van der Waals surface area contributed by atoms with Crippen LogP contribution in [0.2, 0.25) is 0 Å². The van der Waals surface area contributed by atoms with E-state index in [0.717, 1.165) is 63.2 Å². The molecule has 7 nitrogen and oxygen atoms in total. The third-order valence-corrected chi connectivity index (χ3v) is 5.72. The van der Waals surface area contributed by atoms with Gasteiger partial charge in [-0.05, 0) is 50.4 Å². The molecule has 2 aliphatic rings. The highest BCUT2D eigenvalue weighted by molar-refractivity contribution is 5.78. The minimum atomic E-state index is 0.111. The maximum absolute atomic E-state index is 12.7. The van der Waals surface area contributed by atoms with E-state index in [1.807, 2.05) is 24.3 Å². The Kier molecular flexibility index (Phi) is 5.79. The van der Waals surface area contributed by atoms with E-state index in [4.69, 9.17) is 4.74 Å². The van der Waals surface area contributed by atoms with E-state index in [9.17, 15) is 4.79 Å². The first-order chi connectivity index (χ1) is 13.3. The zero-order valence-corrected chi connectivity index (χ0v) is 15.6. The predicted octanol–water partition coefficient (Wildman–Crippen LogP) is 1.77. The number of nitrogens with zero attached hydrogens (tertiary/aromatic N) is 4. The molecule has 2 aromatic rings. The van der Waals surface area contributed by atoms with Gasteiger partial charge in [0.1, 0.15) is 12.7 Å². The quantitative estimate of drug-likeness (QED) is 0.870. The SMILES string of the molecule is O=C(NCc1ccccc1-n1cncn1)C1CCN(C2CCOCC2)CC1. The molecule has 0 radical (unpaired) electrons. The lowest BCUT2D eigenvalue weighted by Crippen LogP contribution is -2.46. The van der Waals surface area contributed by atoms with Gasteiger partial charge < -0.3 is 15.0 Å². The minimum Gasteiger partial charge on any atom is -0.381 e. The predicted molar refractivity (Wildman–Crippen MR) is 101 cm³/mol. The van der Waals surface area contributed by atoms with Crippen LogP contribution in [0.1, 0.15) is 31.2 Å². The number of amides is 1. The molecule has 4 rings (SSSR count). The van der Waals surface area contributed by atoms with Gasteiger partial charge in [0.25, 0.3) is 0 Å². The van der Waals surface area contributed by atoms with E-state index in [-0.39, 0.29) is 11.8 Å². The molecule has 0 saturated carbocycles. The maximum Gasteiger partial charge on any atom is 0.223 e. The number of hydrogen-bond donors (Lipinski definition) is 1. The average Bonchev–Trinajstić information content (AvgIpc) is 3.28. The van der Waals surface area contributed by atoms with Gasteiger partial charge in [-0.1, -0.05) is 18.2 Å². The van der Waals surface area contributed by atoms with E-state index in [1.54, 1.807) is 11.0 Å². The summed E-state index contributed by atoms with van der Waals surface area (Å²) < 4.78 is 7.19. The highest BCUT2D eigenvalue weighted by atomic mass is 16.5. The van der Waals surface area contributed by atoms with Crippen molar-refractivity contribution in [3.8, 4) is 5.69 Å². The highest BCUT2D eigenvalue weighted by Crippen LogP contribution is 2.23. The van der Waals surface area contributed by atoms with Crippen molar-refractivity contribution in [2.45, 2.75) is 38.3 Å². The molecule has 2 saturated heterocycles. The molecule has 0 unspecified atom stereocenters. The molecule has 27 heavy (non-hydrogen) atoms. The Morgan fingerprint density at radius 3 is 2.67 bits per heavy atom. The number of hydrogen-bond acceptors (Lipinski definition) is 5. The van der Waals surface area contributed by atoms with E-state index >= 15 is 0 Å². The van der Waals surface area contributed by atoms with Crippen LogP contribution in [0.5, 0.6) is 0 Å². The molecule has 144 valence electrons. The highest BCUT2D eigenvalue weighted by Gasteiger charge is 2.29. The zero-order valence-electron chi connectivity index (χ0n) is 15.6. The number of nitrogens with one attached hydrogen (secondary N) is 1. The van der Waals surface area contributed by atoms with Gasteiger partial charge in [0.15, 0.2) is 0 Å². The van der Waals surface area contributed by atoms with E-state index in [1.165, 1.54) is 6.33 Å². The Morgan fingerprint density at radius 2 is 1.93 bits per heavy atom. The molecule has 2 fully saturated rings. The summed E-state index contributed by atoms with van der Waals surface area (Å²) in [5.74, 6) is 0.273. The average molecular weight is 369 g/mol. The molecular weight excluding hydrogens is 342 g/mol. The summed E-state index contributed by atoms with van der Waals surface area (Å²) in [6, 6.07) is 8.59. The van der Waals surface area contributed by atoms with Gasteiger partial charge in [0.2, 0.25) is 5.91 Å². The molecule has 2 aliphatic heterocycles. The number of benzene rings is 1. The molecule has 1 N–H and O–H groups in total. The summed E-state index contributed by atoms with van der Waals surface area (Å²) >= 11 is 0. The van der Waals surface area contributed by atoms with Crippen LogP contribution in [-0.4, -0.2) is 57.9 Å². The minimum absolute atomic E-state index is 0.111. The Hall–Kier alpha value is -2.25. The van der Waals surface area contributed by atoms with Crippen LogP contribution in [0.4, 0.5) is 0 Å². The van der Waals surface area contributed by atoms with Gasteiger partial charge in [0.05, 0.1) is 5.69 Å². The van der Waals surface area contributed by atoms with Crippen molar-refractivity contribution in [3.63, 3.8) is 0 Å². The molecule has 0 aliphatic carbocycles. The fraction of sp³-hybridized carbons (Fsp3) is 0.550. The largest absolute Gasteiger partial charge is 0.381 e. The van der Waals surface area contributed by atoms with Crippen molar-refractivity contribution in [2.24, 2.45) is 5.92 Å². The molecular formula is C20H27N5O2. The Balaban J connectivity index is 1.29.